The van der Waals surface area contributed by atoms with Crippen molar-refractivity contribution in [3.63, 3.8) is 0 Å². The van der Waals surface area contributed by atoms with Crippen molar-refractivity contribution in [1.82, 2.24) is 9.88 Å². The molecule has 1 amide bonds. The van der Waals surface area contributed by atoms with Gasteiger partial charge in [-0.3, -0.25) is 4.79 Å². The van der Waals surface area contributed by atoms with Crippen LogP contribution in [0.2, 0.25) is 0 Å². The molecule has 1 heterocycles. The Bertz CT molecular complexity index is 413. The van der Waals surface area contributed by atoms with Gasteiger partial charge in [-0.1, -0.05) is 13.3 Å². The Morgan fingerprint density at radius 2 is 2.22 bits per heavy atom. The van der Waals surface area contributed by atoms with Crippen molar-refractivity contribution in [2.45, 2.75) is 45.8 Å². The molecule has 0 aromatic carbocycles. The maximum absolute atomic E-state index is 12.0. The lowest BCUT2D eigenvalue weighted by atomic mass is 10.0. The molecule has 4 nitrogen and oxygen atoms in total. The summed E-state index contributed by atoms with van der Waals surface area (Å²) in [6.45, 7) is 6.74. The fourth-order valence-corrected chi connectivity index (χ4v) is 2.38. The van der Waals surface area contributed by atoms with Crippen LogP contribution in [0.5, 0.6) is 0 Å². The normalized spacial score (nSPS) is 14.3. The number of aliphatic hydroxyl groups is 1. The molecule has 1 aromatic rings. The van der Waals surface area contributed by atoms with Crippen LogP contribution >= 0.6 is 15.9 Å². The summed E-state index contributed by atoms with van der Waals surface area (Å²) in [5.41, 5.74) is -0.234. The highest BCUT2D eigenvalue weighted by Crippen LogP contribution is 2.15. The quantitative estimate of drug-likeness (QED) is 0.847. The molecule has 18 heavy (non-hydrogen) atoms. The number of hydrogen-bond acceptors (Lipinski definition) is 2. The number of aromatic nitrogens is 1. The Balaban J connectivity index is 2.65. The average Bonchev–Trinajstić information content (AvgIpc) is 2.67. The molecule has 1 rings (SSSR count). The Labute approximate surface area is 117 Å². The molecule has 0 saturated heterocycles. The van der Waals surface area contributed by atoms with E-state index < -0.39 is 5.60 Å². The van der Waals surface area contributed by atoms with Crippen molar-refractivity contribution in [1.29, 1.82) is 0 Å². The zero-order valence-electron chi connectivity index (χ0n) is 11.2. The number of aryl methyl sites for hydroxylation is 1. The Kier molecular flexibility index (Phi) is 5.41. The summed E-state index contributed by atoms with van der Waals surface area (Å²) in [6.07, 6.45) is 3.44. The van der Waals surface area contributed by atoms with Gasteiger partial charge in [-0.2, -0.15) is 0 Å². The standard InChI is InChI=1S/C13H21BrN2O2/c1-4-6-13(3,18)9-15-12(17)11-7-10(14)8-16(11)5-2/h7-8,18H,4-6,9H2,1-3H3,(H,15,17). The summed E-state index contributed by atoms with van der Waals surface area (Å²) in [7, 11) is 0. The fourth-order valence-electron chi connectivity index (χ4n) is 1.92. The van der Waals surface area contributed by atoms with Gasteiger partial charge in [0.05, 0.1) is 5.60 Å². The summed E-state index contributed by atoms with van der Waals surface area (Å²) in [6, 6.07) is 1.79. The van der Waals surface area contributed by atoms with E-state index in [1.54, 1.807) is 13.0 Å². The summed E-state index contributed by atoms with van der Waals surface area (Å²) in [5.74, 6) is -0.154. The van der Waals surface area contributed by atoms with Gasteiger partial charge in [-0.25, -0.2) is 0 Å². The summed E-state index contributed by atoms with van der Waals surface area (Å²) in [5, 5.41) is 12.8. The fraction of sp³-hybridized carbons (Fsp3) is 0.615. The Hall–Kier alpha value is -0.810. The lowest BCUT2D eigenvalue weighted by Crippen LogP contribution is -2.41. The number of amides is 1. The molecule has 0 aliphatic rings. The van der Waals surface area contributed by atoms with Gasteiger partial charge in [-0.15, -0.1) is 0 Å². The summed E-state index contributed by atoms with van der Waals surface area (Å²) < 4.78 is 2.75. The molecule has 0 fully saturated rings. The van der Waals surface area contributed by atoms with Crippen LogP contribution in [0, 0.1) is 0 Å². The SMILES string of the molecule is CCCC(C)(O)CNC(=O)c1cc(Br)cn1CC. The second-order valence-corrected chi connectivity index (χ2v) is 5.67. The van der Waals surface area contributed by atoms with Crippen molar-refractivity contribution in [2.24, 2.45) is 0 Å². The Morgan fingerprint density at radius 1 is 1.56 bits per heavy atom. The van der Waals surface area contributed by atoms with E-state index >= 15 is 0 Å². The van der Waals surface area contributed by atoms with Crippen molar-refractivity contribution in [2.75, 3.05) is 6.54 Å². The first-order valence-corrected chi connectivity index (χ1v) is 7.05. The van der Waals surface area contributed by atoms with E-state index in [0.29, 0.717) is 12.1 Å². The number of hydrogen-bond donors (Lipinski definition) is 2. The van der Waals surface area contributed by atoms with E-state index in [1.165, 1.54) is 0 Å². The van der Waals surface area contributed by atoms with Crippen LogP contribution in [0.15, 0.2) is 16.7 Å². The van der Waals surface area contributed by atoms with Crippen molar-refractivity contribution >= 4 is 21.8 Å². The van der Waals surface area contributed by atoms with Crippen LogP contribution in [0.1, 0.15) is 44.1 Å². The molecule has 5 heteroatoms. The van der Waals surface area contributed by atoms with Crippen LogP contribution in [0.4, 0.5) is 0 Å². The lowest BCUT2D eigenvalue weighted by Gasteiger charge is -2.23. The van der Waals surface area contributed by atoms with Gasteiger partial charge in [0.1, 0.15) is 5.69 Å². The van der Waals surface area contributed by atoms with Crippen molar-refractivity contribution < 1.29 is 9.90 Å². The number of carbonyl (C=O) groups is 1. The van der Waals surface area contributed by atoms with Gasteiger partial charge in [0.25, 0.3) is 5.91 Å². The monoisotopic (exact) mass is 316 g/mol. The molecule has 0 spiro atoms. The first-order valence-electron chi connectivity index (χ1n) is 6.26. The maximum Gasteiger partial charge on any atom is 0.268 e. The second-order valence-electron chi connectivity index (χ2n) is 4.76. The average molecular weight is 317 g/mol. The highest BCUT2D eigenvalue weighted by atomic mass is 79.9. The second kappa shape index (κ2) is 6.38. The maximum atomic E-state index is 12.0. The highest BCUT2D eigenvalue weighted by Gasteiger charge is 2.21. The molecule has 0 aliphatic heterocycles. The molecule has 1 unspecified atom stereocenters. The molecular formula is C13H21BrN2O2. The third-order valence-electron chi connectivity index (χ3n) is 2.85. The predicted molar refractivity (Wildman–Crippen MR) is 75.7 cm³/mol. The van der Waals surface area contributed by atoms with Crippen LogP contribution in [0.3, 0.4) is 0 Å². The molecule has 0 radical (unpaired) electrons. The number of carbonyl (C=O) groups excluding carboxylic acids is 1. The minimum absolute atomic E-state index is 0.154. The smallest absolute Gasteiger partial charge is 0.268 e. The minimum atomic E-state index is -0.842. The van der Waals surface area contributed by atoms with Crippen LogP contribution in [0.25, 0.3) is 0 Å². The molecule has 102 valence electrons. The van der Waals surface area contributed by atoms with E-state index in [4.69, 9.17) is 0 Å². The molecule has 0 bridgehead atoms. The highest BCUT2D eigenvalue weighted by molar-refractivity contribution is 9.10. The Morgan fingerprint density at radius 3 is 2.78 bits per heavy atom. The van der Waals surface area contributed by atoms with E-state index in [2.05, 4.69) is 21.2 Å². The molecule has 1 atom stereocenters. The number of nitrogens with one attached hydrogen (secondary N) is 1. The van der Waals surface area contributed by atoms with E-state index in [0.717, 1.165) is 17.4 Å². The third-order valence-corrected chi connectivity index (χ3v) is 3.29. The van der Waals surface area contributed by atoms with Gasteiger partial charge in [0.2, 0.25) is 0 Å². The van der Waals surface area contributed by atoms with Crippen LogP contribution in [-0.2, 0) is 6.54 Å². The van der Waals surface area contributed by atoms with E-state index in [9.17, 15) is 9.90 Å². The van der Waals surface area contributed by atoms with Gasteiger partial charge in [0, 0.05) is 23.8 Å². The predicted octanol–water partition coefficient (Wildman–Crippen LogP) is 2.55. The molecule has 0 saturated carbocycles. The van der Waals surface area contributed by atoms with Gasteiger partial charge in [0.15, 0.2) is 0 Å². The minimum Gasteiger partial charge on any atom is -0.388 e. The topological polar surface area (TPSA) is 54.3 Å². The van der Waals surface area contributed by atoms with E-state index in [-0.39, 0.29) is 12.5 Å². The first-order chi connectivity index (χ1) is 8.39. The number of halogens is 1. The van der Waals surface area contributed by atoms with Crippen LogP contribution < -0.4 is 5.32 Å². The van der Waals surface area contributed by atoms with Crippen LogP contribution in [-0.4, -0.2) is 27.7 Å². The van der Waals surface area contributed by atoms with Gasteiger partial charge in [-0.05, 0) is 42.3 Å². The lowest BCUT2D eigenvalue weighted by molar-refractivity contribution is 0.0467. The van der Waals surface area contributed by atoms with Gasteiger partial charge < -0.3 is 15.0 Å². The van der Waals surface area contributed by atoms with E-state index in [1.807, 2.05) is 24.6 Å². The zero-order chi connectivity index (χ0) is 13.8. The number of rotatable bonds is 6. The largest absolute Gasteiger partial charge is 0.388 e. The van der Waals surface area contributed by atoms with Crippen molar-refractivity contribution in [3.05, 3.63) is 22.4 Å². The zero-order valence-corrected chi connectivity index (χ0v) is 12.7. The third kappa shape index (κ3) is 4.14. The molecular weight excluding hydrogens is 296 g/mol. The van der Waals surface area contributed by atoms with Gasteiger partial charge >= 0.3 is 0 Å². The molecule has 0 aliphatic carbocycles. The number of nitrogens with zero attached hydrogens (tertiary/aromatic N) is 1. The summed E-state index contributed by atoms with van der Waals surface area (Å²) >= 11 is 3.36. The van der Waals surface area contributed by atoms with Crippen molar-refractivity contribution in [3.8, 4) is 0 Å². The molecule has 1 aromatic heterocycles. The molecule has 2 N–H and O–H groups in total. The summed E-state index contributed by atoms with van der Waals surface area (Å²) in [4.78, 5) is 12.0. The first kappa shape index (κ1) is 15.2.